The van der Waals surface area contributed by atoms with Crippen molar-refractivity contribution in [3.05, 3.63) is 34.0 Å². The van der Waals surface area contributed by atoms with Crippen LogP contribution in [0.4, 0.5) is 5.13 Å². The number of anilines is 1. The molecule has 0 saturated heterocycles. The second-order valence-corrected chi connectivity index (χ2v) is 7.55. The molecule has 134 valence electrons. The predicted molar refractivity (Wildman–Crippen MR) is 98.4 cm³/mol. The topological polar surface area (TPSA) is 114 Å². The number of aromatic nitrogens is 1. The van der Waals surface area contributed by atoms with Crippen molar-refractivity contribution in [2.45, 2.75) is 25.7 Å². The summed E-state index contributed by atoms with van der Waals surface area (Å²) < 4.78 is 0. The number of nitrogens with zero attached hydrogens (tertiary/aromatic N) is 1. The van der Waals surface area contributed by atoms with Crippen molar-refractivity contribution in [3.8, 4) is 0 Å². The van der Waals surface area contributed by atoms with Crippen molar-refractivity contribution in [1.29, 1.82) is 0 Å². The van der Waals surface area contributed by atoms with Gasteiger partial charge in [0.25, 0.3) is 0 Å². The standard InChI is InChI=1S/C16H20N4O3S2/c1-10(7-13(17)21)8-14(22)19-9-11(12-3-2-5-24-12)15(23)20-16-18-4-6-25-16/h2-6,10-11H,7-9H2,1H3,(H2,17,21)(H,19,22)(H,18,20,23). The third-order valence-corrected chi connectivity index (χ3v) is 5.13. The van der Waals surface area contributed by atoms with Crippen LogP contribution < -0.4 is 16.4 Å². The second-order valence-electron chi connectivity index (χ2n) is 5.68. The Kier molecular flexibility index (Phi) is 7.08. The molecule has 0 bridgehead atoms. The smallest absolute Gasteiger partial charge is 0.236 e. The molecule has 2 aromatic heterocycles. The molecule has 2 unspecified atom stereocenters. The molecule has 0 aromatic carbocycles. The van der Waals surface area contributed by atoms with Crippen LogP contribution in [0, 0.1) is 5.92 Å². The van der Waals surface area contributed by atoms with E-state index >= 15 is 0 Å². The Morgan fingerprint density at radius 1 is 1.24 bits per heavy atom. The molecule has 0 fully saturated rings. The number of carbonyl (C=O) groups is 3. The molecule has 0 radical (unpaired) electrons. The number of thiophene rings is 1. The third kappa shape index (κ3) is 6.28. The molecule has 7 nitrogen and oxygen atoms in total. The van der Waals surface area contributed by atoms with Gasteiger partial charge in [-0.05, 0) is 17.4 Å². The maximum absolute atomic E-state index is 12.5. The maximum Gasteiger partial charge on any atom is 0.236 e. The molecular formula is C16H20N4O3S2. The highest BCUT2D eigenvalue weighted by Crippen LogP contribution is 2.23. The van der Waals surface area contributed by atoms with Crippen molar-refractivity contribution >= 4 is 45.5 Å². The van der Waals surface area contributed by atoms with Gasteiger partial charge in [0.05, 0.1) is 5.92 Å². The molecule has 3 amide bonds. The minimum Gasteiger partial charge on any atom is -0.370 e. The van der Waals surface area contributed by atoms with Crippen LogP contribution in [0.5, 0.6) is 0 Å². The minimum atomic E-state index is -0.501. The fourth-order valence-corrected chi connectivity index (χ4v) is 3.67. The summed E-state index contributed by atoms with van der Waals surface area (Å²) in [5.41, 5.74) is 5.13. The first-order chi connectivity index (χ1) is 12.0. The van der Waals surface area contributed by atoms with Crippen molar-refractivity contribution in [2.75, 3.05) is 11.9 Å². The van der Waals surface area contributed by atoms with Gasteiger partial charge in [-0.2, -0.15) is 0 Å². The number of hydrogen-bond acceptors (Lipinski definition) is 6. The normalized spacial score (nSPS) is 13.0. The molecule has 0 aliphatic heterocycles. The zero-order chi connectivity index (χ0) is 18.2. The lowest BCUT2D eigenvalue weighted by atomic mass is 10.0. The van der Waals surface area contributed by atoms with Gasteiger partial charge in [0.2, 0.25) is 17.7 Å². The first-order valence-corrected chi connectivity index (χ1v) is 9.50. The van der Waals surface area contributed by atoms with E-state index in [1.54, 1.807) is 18.5 Å². The van der Waals surface area contributed by atoms with E-state index in [-0.39, 0.29) is 37.1 Å². The number of hydrogen-bond donors (Lipinski definition) is 3. The van der Waals surface area contributed by atoms with Gasteiger partial charge in [0.15, 0.2) is 5.13 Å². The highest BCUT2D eigenvalue weighted by molar-refractivity contribution is 7.13. The highest BCUT2D eigenvalue weighted by Gasteiger charge is 2.23. The summed E-state index contributed by atoms with van der Waals surface area (Å²) in [5, 5.41) is 9.72. The van der Waals surface area contributed by atoms with Gasteiger partial charge in [-0.3, -0.25) is 14.4 Å². The Hall–Kier alpha value is -2.26. The van der Waals surface area contributed by atoms with Crippen molar-refractivity contribution in [1.82, 2.24) is 10.3 Å². The molecular weight excluding hydrogens is 360 g/mol. The van der Waals surface area contributed by atoms with E-state index in [1.807, 2.05) is 17.5 Å². The summed E-state index contributed by atoms with van der Waals surface area (Å²) in [6, 6.07) is 3.72. The zero-order valence-electron chi connectivity index (χ0n) is 13.7. The number of thiazole rings is 1. The summed E-state index contributed by atoms with van der Waals surface area (Å²) in [6.45, 7) is 1.97. The summed E-state index contributed by atoms with van der Waals surface area (Å²) in [5.74, 6) is -1.50. The fourth-order valence-electron chi connectivity index (χ4n) is 2.31. The molecule has 2 heterocycles. The van der Waals surface area contributed by atoms with E-state index in [0.29, 0.717) is 5.13 Å². The molecule has 4 N–H and O–H groups in total. The fraction of sp³-hybridized carbons (Fsp3) is 0.375. The van der Waals surface area contributed by atoms with E-state index in [1.165, 1.54) is 22.7 Å². The van der Waals surface area contributed by atoms with Crippen molar-refractivity contribution in [2.24, 2.45) is 11.7 Å². The minimum absolute atomic E-state index is 0.137. The second kappa shape index (κ2) is 9.28. The van der Waals surface area contributed by atoms with Gasteiger partial charge in [-0.15, -0.1) is 22.7 Å². The lowest BCUT2D eigenvalue weighted by Gasteiger charge is -2.16. The average molecular weight is 380 g/mol. The molecule has 0 aliphatic carbocycles. The number of carbonyl (C=O) groups excluding carboxylic acids is 3. The number of nitrogens with one attached hydrogen (secondary N) is 2. The lowest BCUT2D eigenvalue weighted by Crippen LogP contribution is -2.34. The van der Waals surface area contributed by atoms with Crippen molar-refractivity contribution in [3.63, 3.8) is 0 Å². The SMILES string of the molecule is CC(CC(N)=O)CC(=O)NCC(C(=O)Nc1nccs1)c1cccs1. The third-order valence-electron chi connectivity index (χ3n) is 3.45. The van der Waals surface area contributed by atoms with E-state index in [4.69, 9.17) is 5.73 Å². The molecule has 9 heteroatoms. The Labute approximate surface area is 153 Å². The zero-order valence-corrected chi connectivity index (χ0v) is 15.4. The quantitative estimate of drug-likeness (QED) is 0.617. The first kappa shape index (κ1) is 19.1. The molecule has 0 saturated carbocycles. The van der Waals surface area contributed by atoms with Crippen LogP contribution >= 0.6 is 22.7 Å². The number of amides is 3. The van der Waals surface area contributed by atoms with Crippen molar-refractivity contribution < 1.29 is 14.4 Å². The first-order valence-electron chi connectivity index (χ1n) is 7.74. The largest absolute Gasteiger partial charge is 0.370 e. The predicted octanol–water partition coefficient (Wildman–Crippen LogP) is 1.94. The Bertz CT molecular complexity index is 701. The Morgan fingerprint density at radius 2 is 2.04 bits per heavy atom. The maximum atomic E-state index is 12.5. The van der Waals surface area contributed by atoms with Crippen LogP contribution in [0.2, 0.25) is 0 Å². The summed E-state index contributed by atoms with van der Waals surface area (Å²) in [4.78, 5) is 40.4. The van der Waals surface area contributed by atoms with Crippen LogP contribution in [-0.2, 0) is 14.4 Å². The molecule has 2 rings (SSSR count). The molecule has 2 aromatic rings. The molecule has 0 spiro atoms. The average Bonchev–Trinajstić information content (AvgIpc) is 3.20. The van der Waals surface area contributed by atoms with E-state index in [2.05, 4.69) is 15.6 Å². The van der Waals surface area contributed by atoms with Crippen LogP contribution in [0.25, 0.3) is 0 Å². The van der Waals surface area contributed by atoms with Gasteiger partial charge in [0, 0.05) is 35.8 Å². The van der Waals surface area contributed by atoms with Crippen LogP contribution in [0.3, 0.4) is 0 Å². The lowest BCUT2D eigenvalue weighted by molar-refractivity contribution is -0.122. The monoisotopic (exact) mass is 380 g/mol. The summed E-state index contributed by atoms with van der Waals surface area (Å²) >= 11 is 2.79. The number of primary amides is 1. The van der Waals surface area contributed by atoms with Gasteiger partial charge >= 0.3 is 0 Å². The van der Waals surface area contributed by atoms with Crippen LogP contribution in [-0.4, -0.2) is 29.3 Å². The van der Waals surface area contributed by atoms with Gasteiger partial charge in [-0.25, -0.2) is 4.98 Å². The van der Waals surface area contributed by atoms with Gasteiger partial charge in [0.1, 0.15) is 0 Å². The van der Waals surface area contributed by atoms with Crippen LogP contribution in [0.15, 0.2) is 29.1 Å². The van der Waals surface area contributed by atoms with E-state index < -0.39 is 11.8 Å². The van der Waals surface area contributed by atoms with Crippen LogP contribution in [0.1, 0.15) is 30.6 Å². The number of nitrogens with two attached hydrogens (primary N) is 1. The molecule has 25 heavy (non-hydrogen) atoms. The molecule has 2 atom stereocenters. The van der Waals surface area contributed by atoms with Gasteiger partial charge in [-0.1, -0.05) is 13.0 Å². The number of rotatable bonds is 9. The summed E-state index contributed by atoms with van der Waals surface area (Å²) in [7, 11) is 0. The Balaban J connectivity index is 1.94. The van der Waals surface area contributed by atoms with Gasteiger partial charge < -0.3 is 16.4 Å². The molecule has 0 aliphatic rings. The highest BCUT2D eigenvalue weighted by atomic mass is 32.1. The van der Waals surface area contributed by atoms with E-state index in [9.17, 15) is 14.4 Å². The Morgan fingerprint density at radius 3 is 2.64 bits per heavy atom. The summed E-state index contributed by atoms with van der Waals surface area (Å²) in [6.07, 6.45) is 1.96. The van der Waals surface area contributed by atoms with E-state index in [0.717, 1.165) is 4.88 Å².